The number of nitrogens with zero attached hydrogens (tertiary/aromatic N) is 2. The SMILES string of the molecule is CN(C)CCCC(=O)Nc1cccc(-c2n[nH]c(=O)c3c2CCCC3)c1. The predicted octanol–water partition coefficient (Wildman–Crippen LogP) is 2.60. The van der Waals surface area contributed by atoms with Gasteiger partial charge >= 0.3 is 0 Å². The van der Waals surface area contributed by atoms with Gasteiger partial charge in [-0.05, 0) is 70.4 Å². The largest absolute Gasteiger partial charge is 0.326 e. The normalized spacial score (nSPS) is 13.5. The van der Waals surface area contributed by atoms with Crippen LogP contribution in [0, 0.1) is 0 Å². The van der Waals surface area contributed by atoms with Gasteiger partial charge in [0.05, 0.1) is 5.69 Å². The number of aromatic amines is 1. The topological polar surface area (TPSA) is 78.1 Å². The van der Waals surface area contributed by atoms with E-state index in [1.165, 1.54) is 0 Å². The maximum atomic E-state index is 12.1. The molecule has 1 aromatic heterocycles. The third-order valence-corrected chi connectivity index (χ3v) is 4.73. The summed E-state index contributed by atoms with van der Waals surface area (Å²) in [6.07, 6.45) is 5.13. The Hall–Kier alpha value is -2.47. The Bertz CT molecular complexity index is 842. The fourth-order valence-electron chi connectivity index (χ4n) is 3.42. The van der Waals surface area contributed by atoms with E-state index < -0.39 is 0 Å². The van der Waals surface area contributed by atoms with Gasteiger partial charge in [0.25, 0.3) is 5.56 Å². The number of aromatic nitrogens is 2. The highest BCUT2D eigenvalue weighted by atomic mass is 16.1. The molecule has 0 spiro atoms. The first-order chi connectivity index (χ1) is 12.5. The third-order valence-electron chi connectivity index (χ3n) is 4.73. The molecule has 0 aliphatic heterocycles. The molecule has 0 fully saturated rings. The van der Waals surface area contributed by atoms with Crippen LogP contribution in [0.25, 0.3) is 11.3 Å². The fraction of sp³-hybridized carbons (Fsp3) is 0.450. The van der Waals surface area contributed by atoms with Gasteiger partial charge in [0.1, 0.15) is 0 Å². The van der Waals surface area contributed by atoms with Crippen molar-refractivity contribution in [3.63, 3.8) is 0 Å². The molecule has 0 saturated heterocycles. The summed E-state index contributed by atoms with van der Waals surface area (Å²) in [4.78, 5) is 26.2. The smallest absolute Gasteiger partial charge is 0.267 e. The maximum Gasteiger partial charge on any atom is 0.267 e. The summed E-state index contributed by atoms with van der Waals surface area (Å²) in [7, 11) is 4.00. The monoisotopic (exact) mass is 354 g/mol. The first kappa shape index (κ1) is 18.3. The Labute approximate surface area is 153 Å². The molecule has 0 unspecified atom stereocenters. The zero-order valence-corrected chi connectivity index (χ0v) is 15.5. The van der Waals surface area contributed by atoms with Gasteiger partial charge < -0.3 is 10.2 Å². The molecular formula is C20H26N4O2. The van der Waals surface area contributed by atoms with Crippen molar-refractivity contribution < 1.29 is 4.79 Å². The van der Waals surface area contributed by atoms with E-state index in [1.54, 1.807) is 0 Å². The van der Waals surface area contributed by atoms with E-state index in [2.05, 4.69) is 20.4 Å². The molecule has 2 aromatic rings. The molecule has 2 N–H and O–H groups in total. The summed E-state index contributed by atoms with van der Waals surface area (Å²) >= 11 is 0. The summed E-state index contributed by atoms with van der Waals surface area (Å²) in [6.45, 7) is 0.890. The van der Waals surface area contributed by atoms with Crippen LogP contribution in [0.1, 0.15) is 36.8 Å². The maximum absolute atomic E-state index is 12.1. The minimum atomic E-state index is -0.0752. The molecule has 1 aliphatic rings. The molecule has 0 saturated carbocycles. The highest BCUT2D eigenvalue weighted by molar-refractivity contribution is 5.91. The molecule has 0 atom stereocenters. The van der Waals surface area contributed by atoms with Crippen LogP contribution >= 0.6 is 0 Å². The van der Waals surface area contributed by atoms with Crippen molar-refractivity contribution in [1.82, 2.24) is 15.1 Å². The van der Waals surface area contributed by atoms with Crippen LogP contribution in [-0.4, -0.2) is 41.6 Å². The molecule has 0 bridgehead atoms. The fourth-order valence-corrected chi connectivity index (χ4v) is 3.42. The minimum absolute atomic E-state index is 0.0143. The molecule has 26 heavy (non-hydrogen) atoms. The van der Waals surface area contributed by atoms with E-state index in [1.807, 2.05) is 38.4 Å². The zero-order valence-electron chi connectivity index (χ0n) is 15.5. The van der Waals surface area contributed by atoms with Gasteiger partial charge in [-0.15, -0.1) is 0 Å². The highest BCUT2D eigenvalue weighted by Crippen LogP contribution is 2.29. The molecule has 6 heteroatoms. The summed E-state index contributed by atoms with van der Waals surface area (Å²) in [5, 5.41) is 9.88. The molecule has 1 aromatic carbocycles. The Morgan fingerprint density at radius 3 is 2.77 bits per heavy atom. The van der Waals surface area contributed by atoms with E-state index in [9.17, 15) is 9.59 Å². The van der Waals surface area contributed by atoms with E-state index >= 15 is 0 Å². The summed E-state index contributed by atoms with van der Waals surface area (Å²) < 4.78 is 0. The second-order valence-electron chi connectivity index (χ2n) is 7.10. The van der Waals surface area contributed by atoms with Crippen LogP contribution in [0.4, 0.5) is 5.69 Å². The van der Waals surface area contributed by atoms with Gasteiger partial charge in [0.15, 0.2) is 0 Å². The number of rotatable bonds is 6. The lowest BCUT2D eigenvalue weighted by atomic mass is 9.90. The number of anilines is 1. The minimum Gasteiger partial charge on any atom is -0.326 e. The molecule has 6 nitrogen and oxygen atoms in total. The number of H-pyrrole nitrogens is 1. The van der Waals surface area contributed by atoms with Crippen LogP contribution < -0.4 is 10.9 Å². The molecule has 138 valence electrons. The first-order valence-corrected chi connectivity index (χ1v) is 9.20. The number of hydrogen-bond donors (Lipinski definition) is 2. The summed E-state index contributed by atoms with van der Waals surface area (Å²) in [5.74, 6) is 0.0143. The van der Waals surface area contributed by atoms with Gasteiger partial charge in [0, 0.05) is 23.2 Å². The Balaban J connectivity index is 1.78. The summed E-state index contributed by atoms with van der Waals surface area (Å²) in [6, 6.07) is 7.69. The van der Waals surface area contributed by atoms with E-state index in [0.29, 0.717) is 6.42 Å². The number of nitrogens with one attached hydrogen (secondary N) is 2. The second-order valence-corrected chi connectivity index (χ2v) is 7.10. The van der Waals surface area contributed by atoms with Crippen LogP contribution in [0.5, 0.6) is 0 Å². The zero-order chi connectivity index (χ0) is 18.5. The first-order valence-electron chi connectivity index (χ1n) is 9.20. The van der Waals surface area contributed by atoms with E-state index in [-0.39, 0.29) is 11.5 Å². The third kappa shape index (κ3) is 4.38. The van der Waals surface area contributed by atoms with Crippen molar-refractivity contribution in [2.45, 2.75) is 38.5 Å². The van der Waals surface area contributed by atoms with Crippen LogP contribution in [0.3, 0.4) is 0 Å². The van der Waals surface area contributed by atoms with Crippen LogP contribution in [0.15, 0.2) is 29.1 Å². The highest BCUT2D eigenvalue weighted by Gasteiger charge is 2.19. The molecule has 1 heterocycles. The second kappa shape index (κ2) is 8.27. The van der Waals surface area contributed by atoms with Crippen molar-refractivity contribution in [2.75, 3.05) is 26.0 Å². The quantitative estimate of drug-likeness (QED) is 0.836. The van der Waals surface area contributed by atoms with E-state index in [4.69, 9.17) is 0 Å². The van der Waals surface area contributed by atoms with Crippen molar-refractivity contribution in [3.05, 3.63) is 45.7 Å². The van der Waals surface area contributed by atoms with Gasteiger partial charge in [-0.1, -0.05) is 12.1 Å². The van der Waals surface area contributed by atoms with Crippen molar-refractivity contribution in [3.8, 4) is 11.3 Å². The van der Waals surface area contributed by atoms with Crippen molar-refractivity contribution in [1.29, 1.82) is 0 Å². The lowest BCUT2D eigenvalue weighted by Crippen LogP contribution is -2.21. The Morgan fingerprint density at radius 2 is 2.00 bits per heavy atom. The standard InChI is InChI=1S/C20H26N4O2/c1-24(2)12-6-11-18(25)21-15-8-5-7-14(13-15)19-16-9-3-4-10-17(16)20(26)23-22-19/h5,7-8,13H,3-4,6,9-12H2,1-2H3,(H,21,25)(H,23,26). The van der Waals surface area contributed by atoms with Gasteiger partial charge in [-0.2, -0.15) is 5.10 Å². The number of hydrogen-bond acceptors (Lipinski definition) is 4. The number of carbonyl (C=O) groups is 1. The Morgan fingerprint density at radius 1 is 1.23 bits per heavy atom. The average molecular weight is 354 g/mol. The van der Waals surface area contributed by atoms with Gasteiger partial charge in [-0.3, -0.25) is 9.59 Å². The number of amides is 1. The van der Waals surface area contributed by atoms with Crippen LogP contribution in [-0.2, 0) is 17.6 Å². The van der Waals surface area contributed by atoms with Crippen LogP contribution in [0.2, 0.25) is 0 Å². The lowest BCUT2D eigenvalue weighted by molar-refractivity contribution is -0.116. The predicted molar refractivity (Wildman–Crippen MR) is 103 cm³/mol. The number of benzene rings is 1. The summed E-state index contributed by atoms with van der Waals surface area (Å²) in [5.41, 5.74) is 4.34. The molecule has 1 amide bonds. The van der Waals surface area contributed by atoms with Gasteiger partial charge in [-0.25, -0.2) is 5.10 Å². The molecule has 1 aliphatic carbocycles. The van der Waals surface area contributed by atoms with Crippen molar-refractivity contribution in [2.24, 2.45) is 0 Å². The lowest BCUT2D eigenvalue weighted by Gasteiger charge is -2.17. The van der Waals surface area contributed by atoms with Crippen molar-refractivity contribution >= 4 is 11.6 Å². The average Bonchev–Trinajstić information content (AvgIpc) is 2.62. The molecule has 0 radical (unpaired) electrons. The van der Waals surface area contributed by atoms with Gasteiger partial charge in [0.2, 0.25) is 5.91 Å². The number of fused-ring (bicyclic) bond motifs is 1. The molecule has 3 rings (SSSR count). The van der Waals surface area contributed by atoms with E-state index in [0.717, 1.165) is 66.7 Å². The molecular weight excluding hydrogens is 328 g/mol. The Kier molecular flexibility index (Phi) is 5.83. The number of carbonyl (C=O) groups excluding carboxylic acids is 1.